The molecule has 0 spiro atoms. The number of carbonyl (C=O) groups is 3. The lowest BCUT2D eigenvalue weighted by Crippen LogP contribution is -2.58. The van der Waals surface area contributed by atoms with Crippen molar-refractivity contribution < 1.29 is 24.2 Å². The number of primary amides is 1. The van der Waals surface area contributed by atoms with Crippen LogP contribution in [0.1, 0.15) is 49.9 Å². The van der Waals surface area contributed by atoms with Crippen molar-refractivity contribution >= 4 is 17.9 Å². The van der Waals surface area contributed by atoms with Crippen LogP contribution in [0.2, 0.25) is 0 Å². The molecule has 0 saturated carbocycles. The zero-order valence-electron chi connectivity index (χ0n) is 22.6. The van der Waals surface area contributed by atoms with Crippen molar-refractivity contribution in [1.29, 1.82) is 0 Å². The Morgan fingerprint density at radius 2 is 1.62 bits per heavy atom. The molecule has 0 aliphatic carbocycles. The summed E-state index contributed by atoms with van der Waals surface area (Å²) in [5.74, 6) is -1.08. The molecule has 0 aromatic heterocycles. The van der Waals surface area contributed by atoms with E-state index in [0.29, 0.717) is 6.42 Å². The zero-order valence-corrected chi connectivity index (χ0v) is 22.6. The topological polar surface area (TPSA) is 148 Å². The van der Waals surface area contributed by atoms with Gasteiger partial charge in [0, 0.05) is 19.0 Å². The number of hydrogen-bond acceptors (Lipinski definition) is 6. The lowest BCUT2D eigenvalue weighted by Gasteiger charge is -2.34. The minimum absolute atomic E-state index is 0.0534. The van der Waals surface area contributed by atoms with Gasteiger partial charge in [-0.2, -0.15) is 0 Å². The van der Waals surface area contributed by atoms with Crippen LogP contribution < -0.4 is 16.8 Å². The summed E-state index contributed by atoms with van der Waals surface area (Å²) in [6.07, 6.45) is -0.164. The number of hydrogen-bond donors (Lipinski definition) is 4. The van der Waals surface area contributed by atoms with Gasteiger partial charge in [-0.3, -0.25) is 9.59 Å². The van der Waals surface area contributed by atoms with Crippen molar-refractivity contribution in [2.75, 3.05) is 6.54 Å². The Balaban J connectivity index is 2.40. The van der Waals surface area contributed by atoms with Crippen molar-refractivity contribution in [2.24, 2.45) is 11.5 Å². The molecule has 2 aromatic carbocycles. The highest BCUT2D eigenvalue weighted by Gasteiger charge is 2.34. The number of phenolic OH excluding ortho intramolecular Hbond substituents is 1. The first-order valence-electron chi connectivity index (χ1n) is 12.4. The Morgan fingerprint density at radius 3 is 2.14 bits per heavy atom. The molecule has 3 atom stereocenters. The van der Waals surface area contributed by atoms with Gasteiger partial charge in [0.2, 0.25) is 11.8 Å². The molecule has 37 heavy (non-hydrogen) atoms. The van der Waals surface area contributed by atoms with E-state index in [4.69, 9.17) is 16.2 Å². The van der Waals surface area contributed by atoms with Gasteiger partial charge in [-0.1, -0.05) is 30.3 Å². The van der Waals surface area contributed by atoms with Crippen molar-refractivity contribution in [3.05, 3.63) is 64.7 Å². The quantitative estimate of drug-likeness (QED) is 0.385. The van der Waals surface area contributed by atoms with E-state index in [1.165, 1.54) is 11.8 Å². The second kappa shape index (κ2) is 12.6. The van der Waals surface area contributed by atoms with E-state index in [2.05, 4.69) is 5.32 Å². The Hall–Kier alpha value is -3.59. The number of ether oxygens (including phenoxy) is 1. The number of carbonyl (C=O) groups excluding carboxylic acids is 3. The maximum absolute atomic E-state index is 13.9. The minimum Gasteiger partial charge on any atom is -0.508 e. The molecule has 3 amide bonds. The third-order valence-electron chi connectivity index (χ3n) is 6.01. The summed E-state index contributed by atoms with van der Waals surface area (Å²) in [5, 5.41) is 12.6. The number of aromatic hydroxyl groups is 1. The fourth-order valence-corrected chi connectivity index (χ4v) is 4.17. The molecule has 202 valence electrons. The predicted octanol–water partition coefficient (Wildman–Crippen LogP) is 2.72. The highest BCUT2D eigenvalue weighted by atomic mass is 16.6. The highest BCUT2D eigenvalue weighted by molar-refractivity contribution is 5.91. The number of amides is 3. The summed E-state index contributed by atoms with van der Waals surface area (Å²) in [6, 6.07) is 10.3. The van der Waals surface area contributed by atoms with E-state index < -0.39 is 41.6 Å². The van der Waals surface area contributed by atoms with Gasteiger partial charge in [0.05, 0.1) is 0 Å². The van der Waals surface area contributed by atoms with E-state index in [-0.39, 0.29) is 18.7 Å². The van der Waals surface area contributed by atoms with Crippen molar-refractivity contribution in [3.8, 4) is 5.75 Å². The SMILES string of the molecule is Cc1cc(O)cc(C)c1C[C@H](NC(=O)OC(C)(C)C)C(=O)N(C[C@@H](N)Cc1ccccc1)[C@H](C)C(N)=O. The minimum atomic E-state index is -1.07. The zero-order chi connectivity index (χ0) is 27.9. The molecule has 9 heteroatoms. The predicted molar refractivity (Wildman–Crippen MR) is 143 cm³/mol. The first kappa shape index (κ1) is 29.6. The van der Waals surface area contributed by atoms with Crippen LogP contribution in [-0.4, -0.2) is 58.2 Å². The smallest absolute Gasteiger partial charge is 0.408 e. The van der Waals surface area contributed by atoms with Gasteiger partial charge in [-0.25, -0.2) is 4.79 Å². The van der Waals surface area contributed by atoms with E-state index >= 15 is 0 Å². The average Bonchev–Trinajstić information content (AvgIpc) is 2.77. The van der Waals surface area contributed by atoms with Gasteiger partial charge in [0.1, 0.15) is 23.4 Å². The van der Waals surface area contributed by atoms with Crippen LogP contribution in [0.5, 0.6) is 5.75 Å². The average molecular weight is 513 g/mol. The maximum atomic E-state index is 13.9. The fraction of sp³-hybridized carbons (Fsp3) is 0.464. The van der Waals surface area contributed by atoms with E-state index in [9.17, 15) is 19.5 Å². The molecule has 0 radical (unpaired) electrons. The van der Waals surface area contributed by atoms with Crippen LogP contribution in [0, 0.1) is 13.8 Å². The van der Waals surface area contributed by atoms with E-state index in [0.717, 1.165) is 22.3 Å². The monoisotopic (exact) mass is 512 g/mol. The first-order chi connectivity index (χ1) is 17.2. The number of rotatable bonds is 10. The Kier molecular flexibility index (Phi) is 10.1. The van der Waals surface area contributed by atoms with Gasteiger partial charge < -0.3 is 31.5 Å². The summed E-state index contributed by atoms with van der Waals surface area (Å²) in [4.78, 5) is 40.1. The Bertz CT molecular complexity index is 1070. The van der Waals surface area contributed by atoms with Crippen LogP contribution in [0.15, 0.2) is 42.5 Å². The molecule has 0 aliphatic heterocycles. The number of benzene rings is 2. The van der Waals surface area contributed by atoms with Crippen molar-refractivity contribution in [2.45, 2.75) is 78.1 Å². The molecule has 0 bridgehead atoms. The van der Waals surface area contributed by atoms with Crippen LogP contribution >= 0.6 is 0 Å². The fourth-order valence-electron chi connectivity index (χ4n) is 4.17. The van der Waals surface area contributed by atoms with Gasteiger partial charge in [-0.05, 0) is 82.3 Å². The first-order valence-corrected chi connectivity index (χ1v) is 12.4. The lowest BCUT2D eigenvalue weighted by molar-refractivity contribution is -0.140. The van der Waals surface area contributed by atoms with E-state index in [1.54, 1.807) is 32.9 Å². The molecule has 0 heterocycles. The van der Waals surface area contributed by atoms with Crippen LogP contribution in [0.25, 0.3) is 0 Å². The number of nitrogens with one attached hydrogen (secondary N) is 1. The van der Waals surface area contributed by atoms with Gasteiger partial charge in [0.25, 0.3) is 0 Å². The summed E-state index contributed by atoms with van der Waals surface area (Å²) in [6.45, 7) is 10.4. The summed E-state index contributed by atoms with van der Waals surface area (Å²) < 4.78 is 5.41. The summed E-state index contributed by atoms with van der Waals surface area (Å²) >= 11 is 0. The number of nitrogens with two attached hydrogens (primary N) is 2. The van der Waals surface area contributed by atoms with E-state index in [1.807, 2.05) is 44.2 Å². The third kappa shape index (κ3) is 9.09. The van der Waals surface area contributed by atoms with Gasteiger partial charge in [0.15, 0.2) is 0 Å². The molecular weight excluding hydrogens is 472 g/mol. The normalized spacial score (nSPS) is 13.8. The maximum Gasteiger partial charge on any atom is 0.408 e. The number of aryl methyl sites for hydroxylation is 2. The largest absolute Gasteiger partial charge is 0.508 e. The second-order valence-electron chi connectivity index (χ2n) is 10.5. The third-order valence-corrected chi connectivity index (χ3v) is 6.01. The van der Waals surface area contributed by atoms with Crippen LogP contribution in [-0.2, 0) is 27.2 Å². The van der Waals surface area contributed by atoms with Crippen LogP contribution in [0.4, 0.5) is 4.79 Å². The number of phenols is 1. The van der Waals surface area contributed by atoms with Crippen molar-refractivity contribution in [3.63, 3.8) is 0 Å². The number of nitrogens with zero attached hydrogens (tertiary/aromatic N) is 1. The second-order valence-corrected chi connectivity index (χ2v) is 10.5. The van der Waals surface area contributed by atoms with Gasteiger partial charge in [-0.15, -0.1) is 0 Å². The highest BCUT2D eigenvalue weighted by Crippen LogP contribution is 2.23. The number of alkyl carbamates (subject to hydrolysis) is 1. The Morgan fingerprint density at radius 1 is 1.05 bits per heavy atom. The molecule has 0 fully saturated rings. The molecule has 9 nitrogen and oxygen atoms in total. The lowest BCUT2D eigenvalue weighted by atomic mass is 9.95. The molecule has 0 saturated heterocycles. The van der Waals surface area contributed by atoms with Crippen molar-refractivity contribution in [1.82, 2.24) is 10.2 Å². The molecule has 2 rings (SSSR count). The van der Waals surface area contributed by atoms with Gasteiger partial charge >= 0.3 is 6.09 Å². The molecular formula is C28H40N4O5. The van der Waals surface area contributed by atoms with Crippen LogP contribution in [0.3, 0.4) is 0 Å². The molecule has 6 N–H and O–H groups in total. The molecule has 0 aliphatic rings. The molecule has 0 unspecified atom stereocenters. The summed E-state index contributed by atoms with van der Waals surface area (Å²) in [7, 11) is 0. The summed E-state index contributed by atoms with van der Waals surface area (Å²) in [5.41, 5.74) is 14.5. The standard InChI is InChI=1S/C28H40N4O5/c1-17-12-22(33)13-18(2)23(17)15-24(31-27(36)37-28(4,5)6)26(35)32(19(3)25(30)34)16-21(29)14-20-10-8-7-9-11-20/h7-13,19,21,24,33H,14-16,29H2,1-6H3,(H2,30,34)(H,31,36)/t19-,21+,24+/m1/s1. The molecule has 2 aromatic rings. The Labute approximate surface area is 219 Å².